The smallest absolute Gasteiger partial charge is 0.164 e. The monoisotopic (exact) mass is 347 g/mol. The summed E-state index contributed by atoms with van der Waals surface area (Å²) in [4.78, 5) is 8.18. The lowest BCUT2D eigenvalue weighted by Crippen LogP contribution is -2.02. The van der Waals surface area contributed by atoms with Gasteiger partial charge in [0.25, 0.3) is 0 Å². The summed E-state index contributed by atoms with van der Waals surface area (Å²) in [6.45, 7) is 1.03. The first kappa shape index (κ1) is 12.5. The number of unbranched alkanes of at least 4 members (excludes halogenated alkanes) is 2. The Balaban J connectivity index is 2.21. The van der Waals surface area contributed by atoms with E-state index in [-0.39, 0.29) is 6.61 Å². The molecule has 0 unspecified atom stereocenters. The first-order chi connectivity index (χ1) is 8.24. The van der Waals surface area contributed by atoms with E-state index in [0.717, 1.165) is 40.5 Å². The summed E-state index contributed by atoms with van der Waals surface area (Å²) in [7, 11) is 0. The van der Waals surface area contributed by atoms with E-state index in [9.17, 15) is 0 Å². The lowest BCUT2D eigenvalue weighted by atomic mass is 10.2. The minimum absolute atomic E-state index is 0.243. The van der Waals surface area contributed by atoms with Gasteiger partial charge in [0.2, 0.25) is 0 Å². The Morgan fingerprint density at radius 2 is 2.12 bits per heavy atom. The molecule has 0 saturated carbocycles. The van der Waals surface area contributed by atoms with Crippen molar-refractivity contribution in [2.24, 2.45) is 0 Å². The fraction of sp³-hybridized carbons (Fsp3) is 0.500. The standard InChI is InChI=1S/C10H14IN5O/c11-8-7-9(12)13-6-14-10(7)16(15-8)4-2-1-3-5-17/h6,17H,1-5H2,(H2,12,13,14). The molecule has 0 spiro atoms. The van der Waals surface area contributed by atoms with Gasteiger partial charge in [-0.15, -0.1) is 0 Å². The van der Waals surface area contributed by atoms with Gasteiger partial charge in [0.1, 0.15) is 15.8 Å². The number of anilines is 1. The van der Waals surface area contributed by atoms with Crippen LogP contribution in [0.5, 0.6) is 0 Å². The van der Waals surface area contributed by atoms with Crippen LogP contribution >= 0.6 is 22.6 Å². The number of aryl methyl sites for hydroxylation is 1. The topological polar surface area (TPSA) is 89.9 Å². The number of nitrogens with two attached hydrogens (primary N) is 1. The van der Waals surface area contributed by atoms with Crippen LogP contribution in [0.25, 0.3) is 11.0 Å². The molecule has 0 amide bonds. The highest BCUT2D eigenvalue weighted by Crippen LogP contribution is 2.22. The van der Waals surface area contributed by atoms with Gasteiger partial charge in [-0.1, -0.05) is 0 Å². The van der Waals surface area contributed by atoms with Crippen molar-refractivity contribution in [3.8, 4) is 0 Å². The minimum Gasteiger partial charge on any atom is -0.396 e. The third kappa shape index (κ3) is 2.65. The van der Waals surface area contributed by atoms with Crippen molar-refractivity contribution in [2.75, 3.05) is 12.3 Å². The molecule has 0 aliphatic rings. The molecule has 2 aromatic heterocycles. The van der Waals surface area contributed by atoms with Gasteiger partial charge in [-0.25, -0.2) is 14.6 Å². The highest BCUT2D eigenvalue weighted by atomic mass is 127. The fourth-order valence-corrected chi connectivity index (χ4v) is 2.47. The van der Waals surface area contributed by atoms with Crippen molar-refractivity contribution in [3.05, 3.63) is 10.0 Å². The van der Waals surface area contributed by atoms with E-state index in [1.807, 2.05) is 4.68 Å². The second-order valence-corrected chi connectivity index (χ2v) is 4.78. The SMILES string of the molecule is Nc1ncnc2c1c(I)nn2CCCCCO. The van der Waals surface area contributed by atoms with E-state index in [2.05, 4.69) is 37.7 Å². The Morgan fingerprint density at radius 3 is 2.88 bits per heavy atom. The number of hydrogen-bond donors (Lipinski definition) is 2. The first-order valence-corrected chi connectivity index (χ1v) is 6.55. The second-order valence-electron chi connectivity index (χ2n) is 3.76. The van der Waals surface area contributed by atoms with Gasteiger partial charge in [0.05, 0.1) is 5.39 Å². The summed E-state index contributed by atoms with van der Waals surface area (Å²) in [5, 5.41) is 14.0. The Hall–Kier alpha value is -0.960. The summed E-state index contributed by atoms with van der Waals surface area (Å²) in [6.07, 6.45) is 4.24. The number of aromatic nitrogens is 4. The molecule has 0 aliphatic heterocycles. The zero-order valence-electron chi connectivity index (χ0n) is 9.30. The second kappa shape index (κ2) is 5.58. The Kier molecular flexibility index (Phi) is 4.11. The van der Waals surface area contributed by atoms with Crippen LogP contribution in [0.2, 0.25) is 0 Å². The van der Waals surface area contributed by atoms with Crippen molar-refractivity contribution in [1.82, 2.24) is 19.7 Å². The molecule has 0 aliphatic carbocycles. The minimum atomic E-state index is 0.243. The summed E-state index contributed by atoms with van der Waals surface area (Å²) in [5.74, 6) is 0.473. The Morgan fingerprint density at radius 1 is 1.29 bits per heavy atom. The normalized spacial score (nSPS) is 11.2. The molecule has 0 saturated heterocycles. The van der Waals surface area contributed by atoms with Crippen LogP contribution < -0.4 is 5.73 Å². The highest BCUT2D eigenvalue weighted by Gasteiger charge is 2.12. The quantitative estimate of drug-likeness (QED) is 0.626. The molecule has 0 fully saturated rings. The highest BCUT2D eigenvalue weighted by molar-refractivity contribution is 14.1. The third-order valence-corrected chi connectivity index (χ3v) is 3.30. The number of rotatable bonds is 5. The van der Waals surface area contributed by atoms with Gasteiger partial charge in [-0.3, -0.25) is 0 Å². The molecule has 6 nitrogen and oxygen atoms in total. The average molecular weight is 347 g/mol. The van der Waals surface area contributed by atoms with Gasteiger partial charge < -0.3 is 10.8 Å². The van der Waals surface area contributed by atoms with Crippen molar-refractivity contribution in [3.63, 3.8) is 0 Å². The molecule has 2 heterocycles. The molecule has 0 aromatic carbocycles. The Bertz CT molecular complexity index is 513. The summed E-state index contributed by atoms with van der Waals surface area (Å²) in [6, 6.07) is 0. The average Bonchev–Trinajstić information content (AvgIpc) is 2.63. The predicted molar refractivity (Wildman–Crippen MR) is 73.4 cm³/mol. The van der Waals surface area contributed by atoms with Crippen molar-refractivity contribution in [2.45, 2.75) is 25.8 Å². The number of nitrogen functional groups attached to an aromatic ring is 1. The number of halogens is 1. The third-order valence-electron chi connectivity index (χ3n) is 2.54. The van der Waals surface area contributed by atoms with Crippen molar-refractivity contribution < 1.29 is 5.11 Å². The number of aliphatic hydroxyl groups excluding tert-OH is 1. The zero-order valence-corrected chi connectivity index (χ0v) is 11.5. The van der Waals surface area contributed by atoms with Crippen molar-refractivity contribution >= 4 is 39.4 Å². The number of aliphatic hydroxyl groups is 1. The molecule has 0 radical (unpaired) electrons. The lowest BCUT2D eigenvalue weighted by molar-refractivity contribution is 0.281. The van der Waals surface area contributed by atoms with E-state index < -0.39 is 0 Å². The van der Waals surface area contributed by atoms with Gasteiger partial charge in [-0.2, -0.15) is 5.10 Å². The van der Waals surface area contributed by atoms with E-state index in [1.165, 1.54) is 6.33 Å². The van der Waals surface area contributed by atoms with Gasteiger partial charge in [-0.05, 0) is 41.9 Å². The molecule has 2 aromatic rings. The molecule has 17 heavy (non-hydrogen) atoms. The largest absolute Gasteiger partial charge is 0.396 e. The van der Waals surface area contributed by atoms with Crippen LogP contribution in [0.3, 0.4) is 0 Å². The lowest BCUT2D eigenvalue weighted by Gasteiger charge is -2.02. The molecule has 3 N–H and O–H groups in total. The maximum atomic E-state index is 8.71. The molecule has 0 atom stereocenters. The number of hydrogen-bond acceptors (Lipinski definition) is 5. The zero-order chi connectivity index (χ0) is 12.3. The summed E-state index contributed by atoms with van der Waals surface area (Å²) >= 11 is 2.14. The van der Waals surface area contributed by atoms with Gasteiger partial charge >= 0.3 is 0 Å². The molecule has 92 valence electrons. The number of fused-ring (bicyclic) bond motifs is 1. The maximum absolute atomic E-state index is 8.71. The molecule has 2 rings (SSSR count). The van der Waals surface area contributed by atoms with E-state index in [1.54, 1.807) is 0 Å². The molecular formula is C10H14IN5O. The van der Waals surface area contributed by atoms with Crippen LogP contribution in [0, 0.1) is 3.70 Å². The van der Waals surface area contributed by atoms with Crippen LogP contribution in [-0.4, -0.2) is 31.5 Å². The van der Waals surface area contributed by atoms with Crippen LogP contribution in [-0.2, 0) is 6.54 Å². The molecular weight excluding hydrogens is 333 g/mol. The summed E-state index contributed by atoms with van der Waals surface area (Å²) in [5.41, 5.74) is 6.59. The Labute approximate surface area is 112 Å². The first-order valence-electron chi connectivity index (χ1n) is 5.47. The van der Waals surface area contributed by atoms with E-state index in [4.69, 9.17) is 10.8 Å². The van der Waals surface area contributed by atoms with Gasteiger partial charge in [0.15, 0.2) is 5.65 Å². The predicted octanol–water partition coefficient (Wildman–Crippen LogP) is 1.18. The molecule has 0 bridgehead atoms. The number of nitrogens with zero attached hydrogens (tertiary/aromatic N) is 4. The summed E-state index contributed by atoms with van der Waals surface area (Å²) < 4.78 is 2.69. The van der Waals surface area contributed by atoms with Crippen LogP contribution in [0.4, 0.5) is 5.82 Å². The van der Waals surface area contributed by atoms with Crippen LogP contribution in [0.15, 0.2) is 6.33 Å². The maximum Gasteiger partial charge on any atom is 0.164 e. The van der Waals surface area contributed by atoms with Crippen molar-refractivity contribution in [1.29, 1.82) is 0 Å². The van der Waals surface area contributed by atoms with E-state index in [0.29, 0.717) is 5.82 Å². The molecule has 7 heteroatoms. The fourth-order valence-electron chi connectivity index (χ4n) is 1.69. The van der Waals surface area contributed by atoms with E-state index >= 15 is 0 Å². The van der Waals surface area contributed by atoms with Crippen LogP contribution in [0.1, 0.15) is 19.3 Å². The van der Waals surface area contributed by atoms with Gasteiger partial charge in [0, 0.05) is 13.2 Å².